The highest BCUT2D eigenvalue weighted by Crippen LogP contribution is 2.58. The van der Waals surface area contributed by atoms with Gasteiger partial charge in [0, 0.05) is 0 Å². The highest BCUT2D eigenvalue weighted by Gasteiger charge is 2.65. The van der Waals surface area contributed by atoms with Gasteiger partial charge in [0.1, 0.15) is 6.33 Å². The van der Waals surface area contributed by atoms with Crippen molar-refractivity contribution in [2.45, 2.75) is 13.8 Å². The van der Waals surface area contributed by atoms with Crippen LogP contribution in [0.25, 0.3) is 0 Å². The van der Waals surface area contributed by atoms with Crippen molar-refractivity contribution in [2.24, 2.45) is 17.3 Å². The third-order valence-electron chi connectivity index (χ3n) is 3.03. The van der Waals surface area contributed by atoms with Crippen molar-refractivity contribution < 1.29 is 14.7 Å². The van der Waals surface area contributed by atoms with Crippen LogP contribution in [0.1, 0.15) is 13.8 Å². The summed E-state index contributed by atoms with van der Waals surface area (Å²) in [6.07, 6.45) is 1.27. The highest BCUT2D eigenvalue weighted by atomic mass is 16.4. The number of aromatic amines is 1. The summed E-state index contributed by atoms with van der Waals surface area (Å²) in [7, 11) is 0. The number of carboxylic acids is 1. The number of hydrogen-bond acceptors (Lipinski definition) is 4. The summed E-state index contributed by atoms with van der Waals surface area (Å²) in [4.78, 5) is 26.4. The summed E-state index contributed by atoms with van der Waals surface area (Å²) in [5.41, 5.74) is -0.504. The number of carbonyl (C=O) groups excluding carboxylic acids is 1. The van der Waals surface area contributed by atoms with Gasteiger partial charge in [0.05, 0.1) is 11.8 Å². The monoisotopic (exact) mass is 224 g/mol. The fraction of sp³-hybridized carbons (Fsp3) is 0.556. The SMILES string of the molecule is CC1(C)[C@H](C(=O)O)[C@H]1C(=O)Nc1ncn[nH]1. The standard InChI is InChI=1S/C9H12N4O3/c1-9(2)4(5(9)7(15)16)6(14)12-8-10-3-11-13-8/h3-5H,1-2H3,(H,15,16)(H2,10,11,12,13,14)/t4-,5-/m0/s1. The van der Waals surface area contributed by atoms with Crippen molar-refractivity contribution in [3.05, 3.63) is 6.33 Å². The minimum Gasteiger partial charge on any atom is -0.481 e. The number of anilines is 1. The van der Waals surface area contributed by atoms with E-state index in [0.29, 0.717) is 0 Å². The molecule has 0 unspecified atom stereocenters. The third kappa shape index (κ3) is 1.54. The van der Waals surface area contributed by atoms with Crippen LogP contribution < -0.4 is 5.32 Å². The van der Waals surface area contributed by atoms with E-state index in [1.54, 1.807) is 13.8 Å². The molecule has 0 spiro atoms. The van der Waals surface area contributed by atoms with E-state index in [9.17, 15) is 9.59 Å². The van der Waals surface area contributed by atoms with Crippen LogP contribution in [0.4, 0.5) is 5.95 Å². The van der Waals surface area contributed by atoms with Gasteiger partial charge in [-0.1, -0.05) is 13.8 Å². The van der Waals surface area contributed by atoms with E-state index in [2.05, 4.69) is 20.5 Å². The van der Waals surface area contributed by atoms with Crippen LogP contribution in [-0.4, -0.2) is 32.2 Å². The zero-order chi connectivity index (χ0) is 11.9. The van der Waals surface area contributed by atoms with Crippen molar-refractivity contribution in [1.29, 1.82) is 0 Å². The van der Waals surface area contributed by atoms with Gasteiger partial charge in [0.15, 0.2) is 0 Å². The van der Waals surface area contributed by atoms with Crippen molar-refractivity contribution in [3.63, 3.8) is 0 Å². The quantitative estimate of drug-likeness (QED) is 0.674. The van der Waals surface area contributed by atoms with E-state index >= 15 is 0 Å². The van der Waals surface area contributed by atoms with Crippen LogP contribution >= 0.6 is 0 Å². The fourth-order valence-electron chi connectivity index (χ4n) is 2.05. The second-order valence-electron chi connectivity index (χ2n) is 4.44. The first-order valence-corrected chi connectivity index (χ1v) is 4.83. The normalized spacial score (nSPS) is 26.1. The molecule has 1 aromatic heterocycles. The molecule has 0 aliphatic heterocycles. The number of carbonyl (C=O) groups is 2. The van der Waals surface area contributed by atoms with Gasteiger partial charge in [-0.3, -0.25) is 14.9 Å². The zero-order valence-corrected chi connectivity index (χ0v) is 8.89. The van der Waals surface area contributed by atoms with Gasteiger partial charge in [-0.05, 0) is 5.41 Å². The predicted octanol–water partition coefficient (Wildman–Crippen LogP) is 0.1000. The summed E-state index contributed by atoms with van der Waals surface area (Å²) in [6.45, 7) is 3.52. The first-order valence-electron chi connectivity index (χ1n) is 4.83. The van der Waals surface area contributed by atoms with Crippen molar-refractivity contribution in [1.82, 2.24) is 15.2 Å². The lowest BCUT2D eigenvalue weighted by atomic mass is 10.1. The summed E-state index contributed by atoms with van der Waals surface area (Å²) in [6, 6.07) is 0. The lowest BCUT2D eigenvalue weighted by molar-refractivity contribution is -0.140. The first kappa shape index (κ1) is 10.6. The maximum atomic E-state index is 11.7. The van der Waals surface area contributed by atoms with Gasteiger partial charge in [-0.25, -0.2) is 5.10 Å². The Bertz CT molecular complexity index is 426. The molecule has 1 amide bonds. The Kier molecular flexibility index (Phi) is 2.18. The van der Waals surface area contributed by atoms with Gasteiger partial charge in [0.2, 0.25) is 11.9 Å². The highest BCUT2D eigenvalue weighted by molar-refractivity contribution is 5.98. The number of nitrogens with zero attached hydrogens (tertiary/aromatic N) is 2. The van der Waals surface area contributed by atoms with E-state index in [-0.39, 0.29) is 11.9 Å². The van der Waals surface area contributed by atoms with E-state index in [0.717, 1.165) is 0 Å². The molecule has 3 N–H and O–H groups in total. The molecule has 0 bridgehead atoms. The number of hydrogen-bond donors (Lipinski definition) is 3. The van der Waals surface area contributed by atoms with Crippen molar-refractivity contribution in [3.8, 4) is 0 Å². The molecular weight excluding hydrogens is 212 g/mol. The number of H-pyrrole nitrogens is 1. The number of carboxylic acid groups (broad SMARTS) is 1. The van der Waals surface area contributed by atoms with Crippen LogP contribution in [0.5, 0.6) is 0 Å². The maximum Gasteiger partial charge on any atom is 0.307 e. The van der Waals surface area contributed by atoms with Gasteiger partial charge in [0.25, 0.3) is 0 Å². The Labute approximate surface area is 91.3 Å². The van der Waals surface area contributed by atoms with Crippen LogP contribution in [0, 0.1) is 17.3 Å². The second-order valence-corrected chi connectivity index (χ2v) is 4.44. The Morgan fingerprint density at radius 3 is 2.62 bits per heavy atom. The molecule has 86 valence electrons. The molecule has 2 rings (SSSR count). The molecule has 1 aromatic rings. The molecule has 1 aliphatic carbocycles. The minimum absolute atomic E-state index is 0.233. The Morgan fingerprint density at radius 1 is 1.50 bits per heavy atom. The van der Waals surface area contributed by atoms with E-state index in [4.69, 9.17) is 5.11 Å². The van der Waals surface area contributed by atoms with E-state index in [1.165, 1.54) is 6.33 Å². The van der Waals surface area contributed by atoms with E-state index < -0.39 is 23.2 Å². The van der Waals surface area contributed by atoms with E-state index in [1.807, 2.05) is 0 Å². The second kappa shape index (κ2) is 3.29. The number of nitrogens with one attached hydrogen (secondary N) is 2. The molecule has 1 heterocycles. The van der Waals surface area contributed by atoms with Crippen molar-refractivity contribution >= 4 is 17.8 Å². The number of aliphatic carboxylic acids is 1. The van der Waals surface area contributed by atoms with Crippen LogP contribution in [-0.2, 0) is 9.59 Å². The van der Waals surface area contributed by atoms with Gasteiger partial charge in [-0.15, -0.1) is 0 Å². The molecule has 1 fully saturated rings. The molecule has 2 atom stereocenters. The molecule has 0 saturated heterocycles. The average Bonchev–Trinajstić information content (AvgIpc) is 2.58. The summed E-state index contributed by atoms with van der Waals surface area (Å²) < 4.78 is 0. The number of rotatable bonds is 3. The predicted molar refractivity (Wildman–Crippen MR) is 53.4 cm³/mol. The fourth-order valence-corrected chi connectivity index (χ4v) is 2.05. The maximum absolute atomic E-state index is 11.7. The molecule has 1 saturated carbocycles. The summed E-state index contributed by atoms with van der Waals surface area (Å²) in [5, 5.41) is 17.5. The summed E-state index contributed by atoms with van der Waals surface area (Å²) >= 11 is 0. The zero-order valence-electron chi connectivity index (χ0n) is 8.89. The van der Waals surface area contributed by atoms with Crippen molar-refractivity contribution in [2.75, 3.05) is 5.32 Å². The smallest absolute Gasteiger partial charge is 0.307 e. The third-order valence-corrected chi connectivity index (χ3v) is 3.03. The van der Waals surface area contributed by atoms with Gasteiger partial charge in [-0.2, -0.15) is 10.1 Å². The average molecular weight is 224 g/mol. The Hall–Kier alpha value is -1.92. The number of aromatic nitrogens is 3. The molecule has 7 heteroatoms. The molecule has 0 radical (unpaired) electrons. The molecular formula is C9H12N4O3. The van der Waals surface area contributed by atoms with Crippen LogP contribution in [0.15, 0.2) is 6.33 Å². The molecule has 0 aromatic carbocycles. The van der Waals surface area contributed by atoms with Gasteiger partial charge >= 0.3 is 5.97 Å². The Morgan fingerprint density at radius 2 is 2.19 bits per heavy atom. The number of amides is 1. The van der Waals surface area contributed by atoms with Crippen LogP contribution in [0.3, 0.4) is 0 Å². The summed E-state index contributed by atoms with van der Waals surface area (Å²) in [5.74, 6) is -2.20. The largest absolute Gasteiger partial charge is 0.481 e. The minimum atomic E-state index is -0.942. The molecule has 16 heavy (non-hydrogen) atoms. The van der Waals surface area contributed by atoms with Crippen LogP contribution in [0.2, 0.25) is 0 Å². The Balaban J connectivity index is 2.05. The molecule has 7 nitrogen and oxygen atoms in total. The van der Waals surface area contributed by atoms with Gasteiger partial charge < -0.3 is 5.11 Å². The topological polar surface area (TPSA) is 108 Å². The molecule has 1 aliphatic rings. The first-order chi connectivity index (χ1) is 7.44. The lowest BCUT2D eigenvalue weighted by Crippen LogP contribution is -2.18. The lowest BCUT2D eigenvalue weighted by Gasteiger charge is -2.01.